The molecule has 0 atom stereocenters. The zero-order valence-corrected chi connectivity index (χ0v) is 12.3. The molecular formula is C14H17F2N3O2. The highest BCUT2D eigenvalue weighted by Crippen LogP contribution is 2.19. The van der Waals surface area contributed by atoms with Crippen molar-refractivity contribution < 1.29 is 18.3 Å². The number of halogens is 2. The van der Waals surface area contributed by atoms with E-state index in [-0.39, 0.29) is 6.54 Å². The van der Waals surface area contributed by atoms with Crippen LogP contribution in [0.15, 0.2) is 12.1 Å². The van der Waals surface area contributed by atoms with Crippen molar-refractivity contribution in [3.05, 3.63) is 29.6 Å². The van der Waals surface area contributed by atoms with E-state index in [0.717, 1.165) is 12.1 Å². The SMILES string of the molecule is Cn1c(CNC(=O)OC(C)(C)C)nc2cc(F)c(F)cc21. The lowest BCUT2D eigenvalue weighted by Crippen LogP contribution is -2.32. The molecule has 0 bridgehead atoms. The van der Waals surface area contributed by atoms with Gasteiger partial charge in [-0.25, -0.2) is 18.6 Å². The second-order valence-electron chi connectivity index (χ2n) is 5.70. The van der Waals surface area contributed by atoms with E-state index in [1.807, 2.05) is 0 Å². The van der Waals surface area contributed by atoms with Crippen molar-refractivity contribution in [2.24, 2.45) is 7.05 Å². The van der Waals surface area contributed by atoms with E-state index in [2.05, 4.69) is 10.3 Å². The van der Waals surface area contributed by atoms with E-state index in [9.17, 15) is 13.6 Å². The Morgan fingerprint density at radius 2 is 1.95 bits per heavy atom. The minimum Gasteiger partial charge on any atom is -0.444 e. The van der Waals surface area contributed by atoms with Crippen LogP contribution in [0.5, 0.6) is 0 Å². The molecule has 1 aromatic heterocycles. The van der Waals surface area contributed by atoms with Crippen molar-refractivity contribution in [1.29, 1.82) is 0 Å². The molecule has 114 valence electrons. The maximum Gasteiger partial charge on any atom is 0.408 e. The molecule has 0 fully saturated rings. The lowest BCUT2D eigenvalue weighted by molar-refractivity contribution is 0.0522. The van der Waals surface area contributed by atoms with Gasteiger partial charge in [0.2, 0.25) is 0 Å². The first kappa shape index (κ1) is 15.2. The smallest absolute Gasteiger partial charge is 0.408 e. The van der Waals surface area contributed by atoms with Gasteiger partial charge < -0.3 is 14.6 Å². The van der Waals surface area contributed by atoms with Crippen molar-refractivity contribution >= 4 is 17.1 Å². The summed E-state index contributed by atoms with van der Waals surface area (Å²) in [5.41, 5.74) is 0.190. The Morgan fingerprint density at radius 1 is 1.33 bits per heavy atom. The summed E-state index contributed by atoms with van der Waals surface area (Å²) in [6.45, 7) is 5.37. The van der Waals surface area contributed by atoms with E-state index >= 15 is 0 Å². The van der Waals surface area contributed by atoms with Crippen molar-refractivity contribution in [3.63, 3.8) is 0 Å². The van der Waals surface area contributed by atoms with Crippen LogP contribution in [0.2, 0.25) is 0 Å². The molecule has 1 amide bonds. The average molecular weight is 297 g/mol. The number of aryl methyl sites for hydroxylation is 1. The number of nitrogens with one attached hydrogen (secondary N) is 1. The fraction of sp³-hybridized carbons (Fsp3) is 0.429. The van der Waals surface area contributed by atoms with Crippen LogP contribution in [0.25, 0.3) is 11.0 Å². The van der Waals surface area contributed by atoms with Gasteiger partial charge in [-0.05, 0) is 20.8 Å². The van der Waals surface area contributed by atoms with Crippen LogP contribution in [0.1, 0.15) is 26.6 Å². The number of alkyl carbamates (subject to hydrolysis) is 1. The van der Waals surface area contributed by atoms with Gasteiger partial charge in [0, 0.05) is 19.2 Å². The average Bonchev–Trinajstić information content (AvgIpc) is 2.63. The van der Waals surface area contributed by atoms with E-state index in [0.29, 0.717) is 16.9 Å². The molecule has 1 aromatic carbocycles. The number of nitrogens with zero attached hydrogens (tertiary/aromatic N) is 2. The van der Waals surface area contributed by atoms with Crippen LogP contribution in [0.4, 0.5) is 13.6 Å². The zero-order chi connectivity index (χ0) is 15.8. The number of rotatable bonds is 2. The summed E-state index contributed by atoms with van der Waals surface area (Å²) in [6.07, 6.45) is -0.577. The van der Waals surface area contributed by atoms with Gasteiger partial charge in [-0.1, -0.05) is 0 Å². The van der Waals surface area contributed by atoms with Crippen molar-refractivity contribution in [2.75, 3.05) is 0 Å². The van der Waals surface area contributed by atoms with Crippen LogP contribution >= 0.6 is 0 Å². The third kappa shape index (κ3) is 3.48. The minimum absolute atomic E-state index is 0.101. The van der Waals surface area contributed by atoms with Gasteiger partial charge in [-0.15, -0.1) is 0 Å². The van der Waals surface area contributed by atoms with E-state index in [4.69, 9.17) is 4.74 Å². The molecule has 2 aromatic rings. The third-order valence-corrected chi connectivity index (χ3v) is 2.81. The summed E-state index contributed by atoms with van der Waals surface area (Å²) in [4.78, 5) is 15.7. The highest BCUT2D eigenvalue weighted by Gasteiger charge is 2.17. The van der Waals surface area contributed by atoms with E-state index < -0.39 is 23.3 Å². The van der Waals surface area contributed by atoms with Crippen LogP contribution < -0.4 is 5.32 Å². The normalized spacial score (nSPS) is 11.7. The molecular weight excluding hydrogens is 280 g/mol. The van der Waals surface area contributed by atoms with Gasteiger partial charge >= 0.3 is 6.09 Å². The van der Waals surface area contributed by atoms with Crippen LogP contribution in [0.3, 0.4) is 0 Å². The highest BCUT2D eigenvalue weighted by molar-refractivity contribution is 5.76. The van der Waals surface area contributed by atoms with Crippen LogP contribution in [-0.2, 0) is 18.3 Å². The standard InChI is InChI=1S/C14H17F2N3O2/c1-14(2,3)21-13(20)17-7-12-18-10-5-8(15)9(16)6-11(10)19(12)4/h5-6H,7H2,1-4H3,(H,17,20). The number of carbonyl (C=O) groups is 1. The summed E-state index contributed by atoms with van der Waals surface area (Å²) in [7, 11) is 1.67. The van der Waals surface area contributed by atoms with Gasteiger partial charge in [-0.3, -0.25) is 0 Å². The maximum atomic E-state index is 13.2. The topological polar surface area (TPSA) is 56.2 Å². The molecule has 1 heterocycles. The Kier molecular flexibility index (Phi) is 3.85. The van der Waals surface area contributed by atoms with Crippen LogP contribution in [0, 0.1) is 11.6 Å². The molecule has 5 nitrogen and oxygen atoms in total. The summed E-state index contributed by atoms with van der Waals surface area (Å²) in [5.74, 6) is -1.41. The number of amides is 1. The van der Waals surface area contributed by atoms with Gasteiger partial charge in [0.05, 0.1) is 17.6 Å². The molecule has 7 heteroatoms. The van der Waals surface area contributed by atoms with E-state index in [1.165, 1.54) is 0 Å². The van der Waals surface area contributed by atoms with Crippen LogP contribution in [-0.4, -0.2) is 21.2 Å². The number of ether oxygens (including phenoxy) is 1. The number of imidazole rings is 1. The Hall–Kier alpha value is -2.18. The molecule has 0 radical (unpaired) electrons. The zero-order valence-electron chi connectivity index (χ0n) is 12.3. The Morgan fingerprint density at radius 3 is 2.57 bits per heavy atom. The van der Waals surface area contributed by atoms with Gasteiger partial charge in [0.15, 0.2) is 11.6 Å². The van der Waals surface area contributed by atoms with Crippen molar-refractivity contribution in [1.82, 2.24) is 14.9 Å². The number of carbonyl (C=O) groups excluding carboxylic acids is 1. The first-order chi connectivity index (χ1) is 9.67. The quantitative estimate of drug-likeness (QED) is 0.927. The molecule has 0 saturated heterocycles. The Labute approximate surface area is 120 Å². The summed E-state index contributed by atoms with van der Waals surface area (Å²) >= 11 is 0. The lowest BCUT2D eigenvalue weighted by Gasteiger charge is -2.19. The summed E-state index contributed by atoms with van der Waals surface area (Å²) < 4.78 is 33.1. The molecule has 0 aliphatic rings. The summed E-state index contributed by atoms with van der Waals surface area (Å²) in [5, 5.41) is 2.55. The second-order valence-corrected chi connectivity index (χ2v) is 5.70. The van der Waals surface area contributed by atoms with Gasteiger partial charge in [0.25, 0.3) is 0 Å². The highest BCUT2D eigenvalue weighted by atomic mass is 19.2. The minimum atomic E-state index is -0.952. The first-order valence-corrected chi connectivity index (χ1v) is 6.44. The molecule has 0 unspecified atom stereocenters. The number of hydrogen-bond acceptors (Lipinski definition) is 3. The molecule has 0 aliphatic heterocycles. The fourth-order valence-electron chi connectivity index (χ4n) is 1.86. The van der Waals surface area contributed by atoms with Gasteiger partial charge in [0.1, 0.15) is 11.4 Å². The molecule has 21 heavy (non-hydrogen) atoms. The van der Waals surface area contributed by atoms with E-state index in [1.54, 1.807) is 32.4 Å². The molecule has 0 saturated carbocycles. The Bertz CT molecular complexity index is 690. The summed E-state index contributed by atoms with van der Waals surface area (Å²) in [6, 6.07) is 2.11. The second kappa shape index (κ2) is 5.31. The van der Waals surface area contributed by atoms with Crippen molar-refractivity contribution in [2.45, 2.75) is 32.9 Å². The molecule has 0 aliphatic carbocycles. The van der Waals surface area contributed by atoms with Crippen molar-refractivity contribution in [3.8, 4) is 0 Å². The maximum absolute atomic E-state index is 13.2. The molecule has 2 rings (SSSR count). The number of benzene rings is 1. The Balaban J connectivity index is 2.16. The largest absolute Gasteiger partial charge is 0.444 e. The number of aromatic nitrogens is 2. The third-order valence-electron chi connectivity index (χ3n) is 2.81. The predicted molar refractivity (Wildman–Crippen MR) is 73.7 cm³/mol. The molecule has 1 N–H and O–H groups in total. The molecule has 0 spiro atoms. The fourth-order valence-corrected chi connectivity index (χ4v) is 1.86. The first-order valence-electron chi connectivity index (χ1n) is 6.44. The number of hydrogen-bond donors (Lipinski definition) is 1. The van der Waals surface area contributed by atoms with Gasteiger partial charge in [-0.2, -0.15) is 0 Å². The lowest BCUT2D eigenvalue weighted by atomic mass is 10.2. The predicted octanol–water partition coefficient (Wildman–Crippen LogP) is 2.88. The number of fused-ring (bicyclic) bond motifs is 1. The monoisotopic (exact) mass is 297 g/mol.